The molecule has 1 aliphatic rings. The van der Waals surface area contributed by atoms with Crippen LogP contribution in [0, 0.1) is 12.8 Å². The number of hydrogen-bond acceptors (Lipinski definition) is 5. The van der Waals surface area contributed by atoms with E-state index in [1.165, 1.54) is 38.4 Å². The molecule has 100 valence electrons. The molecule has 1 aliphatic carbocycles. The minimum absolute atomic E-state index is 0.449. The number of rotatable bonds is 4. The number of nitrogens with zero attached hydrogens (tertiary/aromatic N) is 2. The zero-order valence-electron chi connectivity index (χ0n) is 11.2. The van der Waals surface area contributed by atoms with Gasteiger partial charge in [-0.1, -0.05) is 19.3 Å². The first kappa shape index (κ1) is 13.1. The lowest BCUT2D eigenvalue weighted by Crippen LogP contribution is -2.28. The molecule has 18 heavy (non-hydrogen) atoms. The van der Waals surface area contributed by atoms with Gasteiger partial charge in [-0.3, -0.25) is 0 Å². The Balaban J connectivity index is 2.04. The van der Waals surface area contributed by atoms with E-state index in [-0.39, 0.29) is 0 Å². The quantitative estimate of drug-likeness (QED) is 0.564. The number of nitrogen functional groups attached to an aromatic ring is 1. The molecule has 1 atom stereocenters. The van der Waals surface area contributed by atoms with E-state index in [0.717, 1.165) is 17.3 Å². The van der Waals surface area contributed by atoms with E-state index >= 15 is 0 Å². The van der Waals surface area contributed by atoms with Crippen LogP contribution < -0.4 is 16.6 Å². The monoisotopic (exact) mass is 249 g/mol. The molecule has 5 heteroatoms. The molecule has 1 aromatic heterocycles. The second-order valence-electron chi connectivity index (χ2n) is 5.17. The summed E-state index contributed by atoms with van der Waals surface area (Å²) in [5, 5.41) is 3.51. The van der Waals surface area contributed by atoms with Gasteiger partial charge in [-0.15, -0.1) is 0 Å². The van der Waals surface area contributed by atoms with Gasteiger partial charge in [0.15, 0.2) is 0 Å². The van der Waals surface area contributed by atoms with Crippen molar-refractivity contribution in [1.82, 2.24) is 9.97 Å². The van der Waals surface area contributed by atoms with Crippen LogP contribution >= 0.6 is 0 Å². The topological polar surface area (TPSA) is 75.9 Å². The van der Waals surface area contributed by atoms with Gasteiger partial charge in [0, 0.05) is 11.6 Å². The van der Waals surface area contributed by atoms with Gasteiger partial charge in [0.1, 0.15) is 18.0 Å². The van der Waals surface area contributed by atoms with Crippen molar-refractivity contribution in [3.63, 3.8) is 0 Å². The Morgan fingerprint density at radius 1 is 1.22 bits per heavy atom. The third-order valence-corrected chi connectivity index (χ3v) is 3.94. The van der Waals surface area contributed by atoms with Crippen molar-refractivity contribution in [3.8, 4) is 0 Å². The molecule has 1 fully saturated rings. The molecule has 0 saturated heterocycles. The first-order valence-electron chi connectivity index (χ1n) is 6.77. The highest BCUT2D eigenvalue weighted by Gasteiger charge is 2.21. The lowest BCUT2D eigenvalue weighted by molar-refractivity contribution is 0.328. The van der Waals surface area contributed by atoms with Crippen LogP contribution in [0.15, 0.2) is 6.33 Å². The fourth-order valence-electron chi connectivity index (χ4n) is 2.71. The maximum absolute atomic E-state index is 5.43. The van der Waals surface area contributed by atoms with Crippen molar-refractivity contribution in [3.05, 3.63) is 11.9 Å². The van der Waals surface area contributed by atoms with Crippen molar-refractivity contribution >= 4 is 11.6 Å². The van der Waals surface area contributed by atoms with E-state index in [1.807, 2.05) is 6.92 Å². The lowest BCUT2D eigenvalue weighted by Gasteiger charge is -2.29. The van der Waals surface area contributed by atoms with Crippen molar-refractivity contribution in [2.24, 2.45) is 11.8 Å². The molecule has 1 saturated carbocycles. The number of hydrazine groups is 1. The standard InChI is InChI=1S/C13H23N5/c1-9-12(15-8-16-13(9)18-14)17-10(2)11-6-4-3-5-7-11/h8,10-11H,3-7,14H2,1-2H3,(H2,15,16,17,18). The Labute approximate surface area is 109 Å². The average molecular weight is 249 g/mol. The molecule has 0 amide bonds. The highest BCUT2D eigenvalue weighted by Crippen LogP contribution is 2.28. The van der Waals surface area contributed by atoms with E-state index in [1.54, 1.807) is 0 Å². The van der Waals surface area contributed by atoms with E-state index in [4.69, 9.17) is 5.84 Å². The normalized spacial score (nSPS) is 18.4. The third kappa shape index (κ3) is 2.90. The van der Waals surface area contributed by atoms with Crippen LogP contribution in [-0.2, 0) is 0 Å². The van der Waals surface area contributed by atoms with Crippen LogP contribution in [0.4, 0.5) is 11.6 Å². The predicted molar refractivity (Wildman–Crippen MR) is 74.2 cm³/mol. The summed E-state index contributed by atoms with van der Waals surface area (Å²) in [6.45, 7) is 4.22. The first-order chi connectivity index (χ1) is 8.72. The summed E-state index contributed by atoms with van der Waals surface area (Å²) in [5.74, 6) is 7.75. The van der Waals surface area contributed by atoms with Crippen LogP contribution in [0.3, 0.4) is 0 Å². The SMILES string of the molecule is Cc1c(NN)ncnc1NC(C)C1CCCCC1. The van der Waals surface area contributed by atoms with Crippen LogP contribution in [0.5, 0.6) is 0 Å². The van der Waals surface area contributed by atoms with E-state index in [0.29, 0.717) is 11.9 Å². The summed E-state index contributed by atoms with van der Waals surface area (Å²) >= 11 is 0. The average Bonchev–Trinajstić information content (AvgIpc) is 2.42. The molecule has 1 heterocycles. The Bertz CT molecular complexity index is 387. The fraction of sp³-hybridized carbons (Fsp3) is 0.692. The van der Waals surface area contributed by atoms with E-state index in [9.17, 15) is 0 Å². The highest BCUT2D eigenvalue weighted by molar-refractivity contribution is 5.56. The van der Waals surface area contributed by atoms with Gasteiger partial charge in [-0.05, 0) is 32.6 Å². The largest absolute Gasteiger partial charge is 0.367 e. The molecule has 0 spiro atoms. The molecule has 1 unspecified atom stereocenters. The number of hydrogen-bond donors (Lipinski definition) is 3. The zero-order valence-corrected chi connectivity index (χ0v) is 11.2. The van der Waals surface area contributed by atoms with Gasteiger partial charge in [0.05, 0.1) is 0 Å². The van der Waals surface area contributed by atoms with Gasteiger partial charge >= 0.3 is 0 Å². The van der Waals surface area contributed by atoms with Crippen molar-refractivity contribution < 1.29 is 0 Å². The summed E-state index contributed by atoms with van der Waals surface area (Å²) in [6, 6.07) is 0.449. The van der Waals surface area contributed by atoms with Crippen LogP contribution in [0.25, 0.3) is 0 Å². The molecule has 2 rings (SSSR count). The second kappa shape index (κ2) is 6.00. The minimum Gasteiger partial charge on any atom is -0.367 e. The van der Waals surface area contributed by atoms with Gasteiger partial charge < -0.3 is 10.7 Å². The Morgan fingerprint density at radius 2 is 1.89 bits per heavy atom. The molecule has 0 aliphatic heterocycles. The zero-order chi connectivity index (χ0) is 13.0. The summed E-state index contributed by atoms with van der Waals surface area (Å²) in [5.41, 5.74) is 3.57. The number of aromatic nitrogens is 2. The lowest BCUT2D eigenvalue weighted by atomic mass is 9.84. The molecule has 0 aromatic carbocycles. The molecular weight excluding hydrogens is 226 g/mol. The highest BCUT2D eigenvalue weighted by atomic mass is 15.3. The maximum Gasteiger partial charge on any atom is 0.148 e. The van der Waals surface area contributed by atoms with Gasteiger partial charge in [0.25, 0.3) is 0 Å². The third-order valence-electron chi connectivity index (χ3n) is 3.94. The fourth-order valence-corrected chi connectivity index (χ4v) is 2.71. The summed E-state index contributed by atoms with van der Waals surface area (Å²) in [6.07, 6.45) is 8.28. The Hall–Kier alpha value is -1.36. The smallest absolute Gasteiger partial charge is 0.148 e. The van der Waals surface area contributed by atoms with Crippen molar-refractivity contribution in [2.45, 2.75) is 52.0 Å². The number of nitrogens with two attached hydrogens (primary N) is 1. The van der Waals surface area contributed by atoms with Crippen LogP contribution in [0.2, 0.25) is 0 Å². The van der Waals surface area contributed by atoms with Crippen LogP contribution in [0.1, 0.15) is 44.6 Å². The van der Waals surface area contributed by atoms with Crippen molar-refractivity contribution in [2.75, 3.05) is 10.7 Å². The maximum atomic E-state index is 5.43. The first-order valence-corrected chi connectivity index (χ1v) is 6.77. The summed E-state index contributed by atoms with van der Waals surface area (Å²) in [4.78, 5) is 8.39. The molecular formula is C13H23N5. The molecule has 0 bridgehead atoms. The molecule has 4 N–H and O–H groups in total. The van der Waals surface area contributed by atoms with Gasteiger partial charge in [-0.2, -0.15) is 0 Å². The minimum atomic E-state index is 0.449. The van der Waals surface area contributed by atoms with Gasteiger partial charge in [0.2, 0.25) is 0 Å². The summed E-state index contributed by atoms with van der Waals surface area (Å²) < 4.78 is 0. The molecule has 5 nitrogen and oxygen atoms in total. The van der Waals surface area contributed by atoms with E-state index < -0.39 is 0 Å². The number of anilines is 2. The van der Waals surface area contributed by atoms with Crippen molar-refractivity contribution in [1.29, 1.82) is 0 Å². The van der Waals surface area contributed by atoms with Gasteiger partial charge in [-0.25, -0.2) is 15.8 Å². The van der Waals surface area contributed by atoms with E-state index in [2.05, 4.69) is 27.6 Å². The second-order valence-corrected chi connectivity index (χ2v) is 5.17. The molecule has 0 radical (unpaired) electrons. The Morgan fingerprint density at radius 3 is 2.56 bits per heavy atom. The number of nitrogens with one attached hydrogen (secondary N) is 2. The predicted octanol–water partition coefficient (Wildman–Crippen LogP) is 2.45. The van der Waals surface area contributed by atoms with Crippen LogP contribution in [-0.4, -0.2) is 16.0 Å². The molecule has 1 aromatic rings. The summed E-state index contributed by atoms with van der Waals surface area (Å²) in [7, 11) is 0. The Kier molecular flexibility index (Phi) is 4.36.